The lowest BCUT2D eigenvalue weighted by Gasteiger charge is -2.21. The summed E-state index contributed by atoms with van der Waals surface area (Å²) in [5.41, 5.74) is 1.05. The standard InChI is InChI=1S/C13H17N3O/c1-17-12-5-3-7-16-11(12)9-15-13(16)10-4-2-6-14-8-10/h3,5,7,9-10,14H,2,4,6,8H2,1H3. The number of aromatic nitrogens is 2. The van der Waals surface area contributed by atoms with Gasteiger partial charge < -0.3 is 14.5 Å². The number of hydrogen-bond donors (Lipinski definition) is 1. The van der Waals surface area contributed by atoms with Crippen molar-refractivity contribution in [2.24, 2.45) is 0 Å². The Kier molecular flexibility index (Phi) is 2.73. The molecule has 0 radical (unpaired) electrons. The van der Waals surface area contributed by atoms with Gasteiger partial charge in [0.15, 0.2) is 0 Å². The predicted octanol–water partition coefficient (Wildman–Crippen LogP) is 1.81. The van der Waals surface area contributed by atoms with E-state index in [1.807, 2.05) is 18.3 Å². The summed E-state index contributed by atoms with van der Waals surface area (Å²) in [5, 5.41) is 3.43. The maximum atomic E-state index is 5.35. The first-order valence-corrected chi connectivity index (χ1v) is 6.11. The summed E-state index contributed by atoms with van der Waals surface area (Å²) in [4.78, 5) is 4.57. The highest BCUT2D eigenvalue weighted by atomic mass is 16.5. The maximum Gasteiger partial charge on any atom is 0.144 e. The van der Waals surface area contributed by atoms with Crippen LogP contribution in [0, 0.1) is 0 Å². The highest BCUT2D eigenvalue weighted by molar-refractivity contribution is 5.59. The molecule has 90 valence electrons. The molecule has 17 heavy (non-hydrogen) atoms. The van der Waals surface area contributed by atoms with E-state index in [0.29, 0.717) is 5.92 Å². The summed E-state index contributed by atoms with van der Waals surface area (Å²) in [5.74, 6) is 2.54. The number of rotatable bonds is 2. The summed E-state index contributed by atoms with van der Waals surface area (Å²) in [7, 11) is 1.70. The van der Waals surface area contributed by atoms with Crippen LogP contribution in [0.1, 0.15) is 24.6 Å². The number of fused-ring (bicyclic) bond motifs is 1. The molecule has 2 aromatic rings. The van der Waals surface area contributed by atoms with E-state index in [-0.39, 0.29) is 0 Å². The molecule has 3 rings (SSSR count). The number of methoxy groups -OCH3 is 1. The minimum absolute atomic E-state index is 0.512. The molecule has 1 fully saturated rings. The molecular formula is C13H17N3O. The first kappa shape index (κ1) is 10.6. The van der Waals surface area contributed by atoms with E-state index in [9.17, 15) is 0 Å². The molecule has 4 heteroatoms. The van der Waals surface area contributed by atoms with Crippen LogP contribution < -0.4 is 10.1 Å². The Labute approximate surface area is 101 Å². The minimum atomic E-state index is 0.512. The Morgan fingerprint density at radius 2 is 2.47 bits per heavy atom. The molecule has 0 saturated carbocycles. The second kappa shape index (κ2) is 4.37. The molecular weight excluding hydrogens is 214 g/mol. The van der Waals surface area contributed by atoms with Crippen molar-refractivity contribution in [3.05, 3.63) is 30.4 Å². The van der Waals surface area contributed by atoms with Gasteiger partial charge in [-0.25, -0.2) is 4.98 Å². The Morgan fingerprint density at radius 1 is 1.53 bits per heavy atom. The van der Waals surface area contributed by atoms with E-state index in [4.69, 9.17) is 4.74 Å². The van der Waals surface area contributed by atoms with E-state index in [2.05, 4.69) is 20.9 Å². The molecule has 0 bridgehead atoms. The van der Waals surface area contributed by atoms with Crippen LogP contribution in [-0.2, 0) is 0 Å². The number of ether oxygens (including phenoxy) is 1. The van der Waals surface area contributed by atoms with Crippen LogP contribution >= 0.6 is 0 Å². The van der Waals surface area contributed by atoms with E-state index < -0.39 is 0 Å². The van der Waals surface area contributed by atoms with Crippen molar-refractivity contribution >= 4 is 5.52 Å². The summed E-state index contributed by atoms with van der Waals surface area (Å²) >= 11 is 0. The summed E-state index contributed by atoms with van der Waals surface area (Å²) < 4.78 is 7.50. The van der Waals surface area contributed by atoms with Crippen molar-refractivity contribution < 1.29 is 4.74 Å². The number of hydrogen-bond acceptors (Lipinski definition) is 3. The fourth-order valence-electron chi connectivity index (χ4n) is 2.56. The topological polar surface area (TPSA) is 38.6 Å². The van der Waals surface area contributed by atoms with E-state index in [1.165, 1.54) is 12.8 Å². The lowest BCUT2D eigenvalue weighted by molar-refractivity contribution is 0.417. The van der Waals surface area contributed by atoms with E-state index >= 15 is 0 Å². The van der Waals surface area contributed by atoms with Crippen molar-refractivity contribution in [3.63, 3.8) is 0 Å². The third-order valence-corrected chi connectivity index (χ3v) is 3.44. The fraction of sp³-hybridized carbons (Fsp3) is 0.462. The number of imidazole rings is 1. The quantitative estimate of drug-likeness (QED) is 0.856. The SMILES string of the molecule is COc1cccn2c(C3CCCNC3)ncc12. The number of nitrogens with one attached hydrogen (secondary N) is 1. The van der Waals surface area contributed by atoms with Gasteiger partial charge in [-0.1, -0.05) is 0 Å². The lowest BCUT2D eigenvalue weighted by Crippen LogP contribution is -2.29. The molecule has 1 aliphatic heterocycles. The van der Waals surface area contributed by atoms with Crippen molar-refractivity contribution in [1.29, 1.82) is 0 Å². The van der Waals surface area contributed by atoms with E-state index in [1.54, 1.807) is 7.11 Å². The van der Waals surface area contributed by atoms with Crippen LogP contribution in [-0.4, -0.2) is 29.6 Å². The third-order valence-electron chi connectivity index (χ3n) is 3.44. The van der Waals surface area contributed by atoms with Gasteiger partial charge in [-0.2, -0.15) is 0 Å². The molecule has 1 aliphatic rings. The average Bonchev–Trinajstić information content (AvgIpc) is 2.83. The lowest BCUT2D eigenvalue weighted by atomic mass is 9.99. The Morgan fingerprint density at radius 3 is 3.24 bits per heavy atom. The molecule has 3 heterocycles. The molecule has 4 nitrogen and oxygen atoms in total. The zero-order chi connectivity index (χ0) is 11.7. The number of pyridine rings is 1. The van der Waals surface area contributed by atoms with Gasteiger partial charge in [0.25, 0.3) is 0 Å². The highest BCUT2D eigenvalue weighted by Crippen LogP contribution is 2.26. The zero-order valence-electron chi connectivity index (χ0n) is 10.0. The smallest absolute Gasteiger partial charge is 0.144 e. The first-order chi connectivity index (χ1) is 8.40. The predicted molar refractivity (Wildman–Crippen MR) is 66.6 cm³/mol. The molecule has 2 aromatic heterocycles. The molecule has 0 amide bonds. The van der Waals surface area contributed by atoms with Crippen LogP contribution in [0.15, 0.2) is 24.5 Å². The van der Waals surface area contributed by atoms with Gasteiger partial charge in [0.2, 0.25) is 0 Å². The maximum absolute atomic E-state index is 5.35. The monoisotopic (exact) mass is 231 g/mol. The van der Waals surface area contributed by atoms with Crippen molar-refractivity contribution in [2.75, 3.05) is 20.2 Å². The van der Waals surface area contributed by atoms with Crippen LogP contribution in [0.2, 0.25) is 0 Å². The van der Waals surface area contributed by atoms with Crippen LogP contribution in [0.3, 0.4) is 0 Å². The molecule has 0 aromatic carbocycles. The molecule has 0 spiro atoms. The molecule has 1 unspecified atom stereocenters. The van der Waals surface area contributed by atoms with Crippen molar-refractivity contribution in [3.8, 4) is 5.75 Å². The van der Waals surface area contributed by atoms with Crippen LogP contribution in [0.4, 0.5) is 0 Å². The van der Waals surface area contributed by atoms with Gasteiger partial charge in [-0.05, 0) is 31.5 Å². The Balaban J connectivity index is 2.05. The highest BCUT2D eigenvalue weighted by Gasteiger charge is 2.20. The third kappa shape index (κ3) is 1.78. The number of piperidine rings is 1. The van der Waals surface area contributed by atoms with Gasteiger partial charge in [-0.15, -0.1) is 0 Å². The van der Waals surface area contributed by atoms with Gasteiger partial charge in [0, 0.05) is 18.7 Å². The van der Waals surface area contributed by atoms with E-state index in [0.717, 1.165) is 30.2 Å². The Bertz CT molecular complexity index is 514. The van der Waals surface area contributed by atoms with Gasteiger partial charge in [0.1, 0.15) is 17.1 Å². The fourth-order valence-corrected chi connectivity index (χ4v) is 2.56. The second-order valence-corrected chi connectivity index (χ2v) is 4.49. The summed E-state index contributed by atoms with van der Waals surface area (Å²) in [6.45, 7) is 2.15. The van der Waals surface area contributed by atoms with Crippen LogP contribution in [0.25, 0.3) is 5.52 Å². The first-order valence-electron chi connectivity index (χ1n) is 6.11. The summed E-state index contributed by atoms with van der Waals surface area (Å²) in [6, 6.07) is 3.98. The number of nitrogens with zero attached hydrogens (tertiary/aromatic N) is 2. The molecule has 0 aliphatic carbocycles. The molecule has 1 saturated heterocycles. The molecule has 1 atom stereocenters. The van der Waals surface area contributed by atoms with Gasteiger partial charge >= 0.3 is 0 Å². The second-order valence-electron chi connectivity index (χ2n) is 4.49. The van der Waals surface area contributed by atoms with Crippen molar-refractivity contribution in [2.45, 2.75) is 18.8 Å². The zero-order valence-corrected chi connectivity index (χ0v) is 10.0. The van der Waals surface area contributed by atoms with Crippen molar-refractivity contribution in [1.82, 2.24) is 14.7 Å². The average molecular weight is 231 g/mol. The van der Waals surface area contributed by atoms with Crippen LogP contribution in [0.5, 0.6) is 5.75 Å². The van der Waals surface area contributed by atoms with Gasteiger partial charge in [0.05, 0.1) is 13.3 Å². The normalized spacial score (nSPS) is 20.6. The molecule has 1 N–H and O–H groups in total. The minimum Gasteiger partial charge on any atom is -0.494 e. The summed E-state index contributed by atoms with van der Waals surface area (Å²) in [6.07, 6.45) is 6.41. The largest absolute Gasteiger partial charge is 0.494 e. The Hall–Kier alpha value is -1.55. The van der Waals surface area contributed by atoms with Gasteiger partial charge in [-0.3, -0.25) is 0 Å².